The Bertz CT molecular complexity index is 707. The zero-order valence-electron chi connectivity index (χ0n) is 11.2. The zero-order chi connectivity index (χ0) is 14.7. The normalized spacial score (nSPS) is 13.4. The third-order valence-corrected chi connectivity index (χ3v) is 3.12. The first kappa shape index (κ1) is 13.4. The van der Waals surface area contributed by atoms with Gasteiger partial charge in [0.2, 0.25) is 0 Å². The SMILES string of the molecule is O=C(/C=C/c1cccc2c1OCCO2)c1cccc(F)c1. The Morgan fingerprint density at radius 3 is 2.76 bits per heavy atom. The summed E-state index contributed by atoms with van der Waals surface area (Å²) >= 11 is 0. The van der Waals surface area contributed by atoms with Gasteiger partial charge in [0, 0.05) is 11.1 Å². The maximum atomic E-state index is 13.1. The summed E-state index contributed by atoms with van der Waals surface area (Å²) in [5, 5.41) is 0. The third-order valence-electron chi connectivity index (χ3n) is 3.12. The number of carbonyl (C=O) groups excluding carboxylic acids is 1. The molecule has 0 atom stereocenters. The van der Waals surface area contributed by atoms with E-state index in [0.29, 0.717) is 30.3 Å². The van der Waals surface area contributed by atoms with Gasteiger partial charge < -0.3 is 9.47 Å². The predicted octanol–water partition coefficient (Wildman–Crippen LogP) is 3.49. The minimum absolute atomic E-state index is 0.260. The number of allylic oxidation sites excluding steroid dienone is 1. The molecule has 0 bridgehead atoms. The van der Waals surface area contributed by atoms with Crippen molar-refractivity contribution in [2.24, 2.45) is 0 Å². The molecule has 0 saturated heterocycles. The van der Waals surface area contributed by atoms with Crippen LogP contribution < -0.4 is 9.47 Å². The van der Waals surface area contributed by atoms with Crippen LogP contribution in [0.1, 0.15) is 15.9 Å². The molecular formula is C17H13FO3. The highest BCUT2D eigenvalue weighted by Gasteiger charge is 2.14. The number of benzene rings is 2. The fourth-order valence-corrected chi connectivity index (χ4v) is 2.13. The van der Waals surface area contributed by atoms with Gasteiger partial charge in [0.1, 0.15) is 19.0 Å². The van der Waals surface area contributed by atoms with Crippen LogP contribution in [0.2, 0.25) is 0 Å². The Labute approximate surface area is 121 Å². The number of ketones is 1. The molecule has 0 amide bonds. The van der Waals surface area contributed by atoms with Crippen LogP contribution in [0, 0.1) is 5.82 Å². The molecule has 0 unspecified atom stereocenters. The highest BCUT2D eigenvalue weighted by Crippen LogP contribution is 2.34. The summed E-state index contributed by atoms with van der Waals surface area (Å²) in [7, 11) is 0. The molecule has 0 saturated carbocycles. The minimum atomic E-state index is -0.428. The molecule has 0 radical (unpaired) electrons. The van der Waals surface area contributed by atoms with Crippen LogP contribution in [-0.2, 0) is 0 Å². The molecule has 0 spiro atoms. The van der Waals surface area contributed by atoms with E-state index >= 15 is 0 Å². The van der Waals surface area contributed by atoms with Crippen LogP contribution in [0.15, 0.2) is 48.5 Å². The monoisotopic (exact) mass is 284 g/mol. The average Bonchev–Trinajstić information content (AvgIpc) is 2.52. The summed E-state index contributed by atoms with van der Waals surface area (Å²) in [5.41, 5.74) is 1.07. The molecule has 106 valence electrons. The van der Waals surface area contributed by atoms with Gasteiger partial charge >= 0.3 is 0 Å². The van der Waals surface area contributed by atoms with Crippen LogP contribution in [-0.4, -0.2) is 19.0 Å². The standard InChI is InChI=1S/C17H13FO3/c18-14-5-1-4-13(11-14)15(19)8-7-12-3-2-6-16-17(12)21-10-9-20-16/h1-8,11H,9-10H2/b8-7+. The summed E-state index contributed by atoms with van der Waals surface area (Å²) in [6.07, 6.45) is 3.06. The second-order valence-corrected chi connectivity index (χ2v) is 4.58. The molecular weight excluding hydrogens is 271 g/mol. The van der Waals surface area contributed by atoms with E-state index in [4.69, 9.17) is 9.47 Å². The number of halogens is 1. The maximum Gasteiger partial charge on any atom is 0.185 e. The van der Waals surface area contributed by atoms with Gasteiger partial charge in [0.25, 0.3) is 0 Å². The molecule has 1 aliphatic rings. The first-order valence-electron chi connectivity index (χ1n) is 6.60. The van der Waals surface area contributed by atoms with Gasteiger partial charge in [-0.2, -0.15) is 0 Å². The molecule has 0 fully saturated rings. The summed E-state index contributed by atoms with van der Waals surface area (Å²) in [4.78, 5) is 12.0. The average molecular weight is 284 g/mol. The summed E-state index contributed by atoms with van der Waals surface area (Å²) in [5.74, 6) is 0.612. The molecule has 0 aliphatic carbocycles. The lowest BCUT2D eigenvalue weighted by atomic mass is 10.1. The van der Waals surface area contributed by atoms with Crippen molar-refractivity contribution in [3.05, 3.63) is 65.5 Å². The van der Waals surface area contributed by atoms with Gasteiger partial charge in [-0.25, -0.2) is 4.39 Å². The molecule has 0 N–H and O–H groups in total. The molecule has 0 aromatic heterocycles. The van der Waals surface area contributed by atoms with Crippen LogP contribution >= 0.6 is 0 Å². The Morgan fingerprint density at radius 1 is 1.10 bits per heavy atom. The molecule has 2 aromatic carbocycles. The smallest absolute Gasteiger partial charge is 0.185 e. The number of rotatable bonds is 3. The second-order valence-electron chi connectivity index (χ2n) is 4.58. The number of hydrogen-bond donors (Lipinski definition) is 0. The van der Waals surface area contributed by atoms with Crippen molar-refractivity contribution in [1.82, 2.24) is 0 Å². The topological polar surface area (TPSA) is 35.5 Å². The molecule has 2 aromatic rings. The minimum Gasteiger partial charge on any atom is -0.486 e. The van der Waals surface area contributed by atoms with Crippen LogP contribution in [0.5, 0.6) is 11.5 Å². The molecule has 3 rings (SSSR count). The molecule has 1 heterocycles. The van der Waals surface area contributed by atoms with Crippen LogP contribution in [0.25, 0.3) is 6.08 Å². The van der Waals surface area contributed by atoms with E-state index in [1.165, 1.54) is 24.3 Å². The quantitative estimate of drug-likeness (QED) is 0.639. The lowest BCUT2D eigenvalue weighted by molar-refractivity contribution is 0.104. The number of para-hydroxylation sites is 1. The van der Waals surface area contributed by atoms with Crippen LogP contribution in [0.4, 0.5) is 4.39 Å². The predicted molar refractivity (Wildman–Crippen MR) is 77.2 cm³/mol. The Hall–Kier alpha value is -2.62. The van der Waals surface area contributed by atoms with Gasteiger partial charge in [-0.3, -0.25) is 4.79 Å². The van der Waals surface area contributed by atoms with Crippen molar-refractivity contribution in [3.63, 3.8) is 0 Å². The fourth-order valence-electron chi connectivity index (χ4n) is 2.13. The Kier molecular flexibility index (Phi) is 3.69. The molecule has 21 heavy (non-hydrogen) atoms. The summed E-state index contributed by atoms with van der Waals surface area (Å²) in [6, 6.07) is 11.1. The number of carbonyl (C=O) groups is 1. The number of hydrogen-bond acceptors (Lipinski definition) is 3. The highest BCUT2D eigenvalue weighted by molar-refractivity contribution is 6.07. The van der Waals surface area contributed by atoms with E-state index in [2.05, 4.69) is 0 Å². The third kappa shape index (κ3) is 2.94. The molecule has 1 aliphatic heterocycles. The number of fused-ring (bicyclic) bond motifs is 1. The van der Waals surface area contributed by atoms with Gasteiger partial charge in [0.15, 0.2) is 17.3 Å². The van der Waals surface area contributed by atoms with Crippen molar-refractivity contribution in [2.75, 3.05) is 13.2 Å². The van der Waals surface area contributed by atoms with Crippen LogP contribution in [0.3, 0.4) is 0 Å². The molecule has 3 nitrogen and oxygen atoms in total. The largest absolute Gasteiger partial charge is 0.486 e. The summed E-state index contributed by atoms with van der Waals surface area (Å²) in [6.45, 7) is 0.998. The van der Waals surface area contributed by atoms with E-state index in [1.54, 1.807) is 12.1 Å². The Balaban J connectivity index is 1.85. The van der Waals surface area contributed by atoms with Gasteiger partial charge in [-0.05, 0) is 30.4 Å². The van der Waals surface area contributed by atoms with Crippen molar-refractivity contribution >= 4 is 11.9 Å². The second kappa shape index (κ2) is 5.79. The van der Waals surface area contributed by atoms with Gasteiger partial charge in [-0.1, -0.05) is 24.3 Å². The summed E-state index contributed by atoms with van der Waals surface area (Å²) < 4.78 is 24.1. The highest BCUT2D eigenvalue weighted by atomic mass is 19.1. The zero-order valence-corrected chi connectivity index (χ0v) is 11.2. The first-order valence-corrected chi connectivity index (χ1v) is 6.60. The Morgan fingerprint density at radius 2 is 1.90 bits per heavy atom. The van der Waals surface area contributed by atoms with Crippen molar-refractivity contribution < 1.29 is 18.7 Å². The lowest BCUT2D eigenvalue weighted by Gasteiger charge is -2.19. The first-order chi connectivity index (χ1) is 10.2. The van der Waals surface area contributed by atoms with E-state index in [0.717, 1.165) is 5.56 Å². The van der Waals surface area contributed by atoms with E-state index in [1.807, 2.05) is 18.2 Å². The van der Waals surface area contributed by atoms with Gasteiger partial charge in [-0.15, -0.1) is 0 Å². The van der Waals surface area contributed by atoms with Gasteiger partial charge in [0.05, 0.1) is 0 Å². The fraction of sp³-hybridized carbons (Fsp3) is 0.118. The van der Waals surface area contributed by atoms with Crippen molar-refractivity contribution in [3.8, 4) is 11.5 Å². The lowest BCUT2D eigenvalue weighted by Crippen LogP contribution is -2.15. The maximum absolute atomic E-state index is 13.1. The van der Waals surface area contributed by atoms with Crippen molar-refractivity contribution in [2.45, 2.75) is 0 Å². The molecule has 4 heteroatoms. The number of ether oxygens (including phenoxy) is 2. The van der Waals surface area contributed by atoms with E-state index in [9.17, 15) is 9.18 Å². The van der Waals surface area contributed by atoms with E-state index in [-0.39, 0.29) is 5.78 Å². The van der Waals surface area contributed by atoms with E-state index < -0.39 is 5.82 Å². The van der Waals surface area contributed by atoms with Crippen molar-refractivity contribution in [1.29, 1.82) is 0 Å².